The molecule has 0 aliphatic carbocycles. The Balaban J connectivity index is 2.35. The van der Waals surface area contributed by atoms with Crippen molar-refractivity contribution in [3.63, 3.8) is 0 Å². The van der Waals surface area contributed by atoms with E-state index in [0.29, 0.717) is 18.3 Å². The molecule has 0 radical (unpaired) electrons. The van der Waals surface area contributed by atoms with Crippen molar-refractivity contribution in [2.24, 2.45) is 17.8 Å². The quantitative estimate of drug-likeness (QED) is 0.297. The molecular weight excluding hydrogens is 415 g/mol. The number of hydrogen-bond acceptors (Lipinski definition) is 3. The molecule has 0 saturated carbocycles. The summed E-state index contributed by atoms with van der Waals surface area (Å²) in [6, 6.07) is 5.73. The van der Waals surface area contributed by atoms with Crippen molar-refractivity contribution in [3.8, 4) is 0 Å². The van der Waals surface area contributed by atoms with Crippen molar-refractivity contribution in [2.45, 2.75) is 78.1 Å². The van der Waals surface area contributed by atoms with Gasteiger partial charge in [-0.25, -0.2) is 0 Å². The van der Waals surface area contributed by atoms with Crippen LogP contribution in [0.5, 0.6) is 0 Å². The standard InChI is InChI=1S/C26H38F3NO2/c1-18(2)6-12-23(13-7-19(3)4)30-15-14-20(17-25(31)32-5)16-24(30)21-8-10-22(11-9-21)26(27,28)29/h6,8-12,18-20,23-24H,7,13-17H2,1-5H3/b12-6-/t20-,23-,24+/m1/s1. The lowest BCUT2D eigenvalue weighted by molar-refractivity contribution is -0.142. The van der Waals surface area contributed by atoms with E-state index in [-0.39, 0.29) is 24.0 Å². The van der Waals surface area contributed by atoms with Gasteiger partial charge in [-0.1, -0.05) is 52.0 Å². The van der Waals surface area contributed by atoms with E-state index in [1.54, 1.807) is 12.1 Å². The second-order valence-corrected chi connectivity index (χ2v) is 9.71. The van der Waals surface area contributed by atoms with Crippen molar-refractivity contribution in [1.82, 2.24) is 4.90 Å². The maximum Gasteiger partial charge on any atom is 0.416 e. The van der Waals surface area contributed by atoms with Crippen LogP contribution in [-0.4, -0.2) is 30.6 Å². The monoisotopic (exact) mass is 453 g/mol. The first kappa shape index (κ1) is 26.4. The van der Waals surface area contributed by atoms with Crippen LogP contribution in [0.25, 0.3) is 0 Å². The summed E-state index contributed by atoms with van der Waals surface area (Å²) in [6.07, 6.45) is 4.17. The number of rotatable bonds is 9. The molecule has 180 valence electrons. The SMILES string of the molecule is COC(=O)C[C@@H]1CCN([C@H](/C=C\C(C)C)CCC(C)C)[C@H](c2ccc(C(F)(F)F)cc2)C1. The summed E-state index contributed by atoms with van der Waals surface area (Å²) in [7, 11) is 1.39. The summed E-state index contributed by atoms with van der Waals surface area (Å²) < 4.78 is 44.1. The van der Waals surface area contributed by atoms with E-state index in [9.17, 15) is 18.0 Å². The number of methoxy groups -OCH3 is 1. The zero-order valence-electron chi connectivity index (χ0n) is 20.0. The molecule has 0 bridgehead atoms. The van der Waals surface area contributed by atoms with Crippen LogP contribution in [0, 0.1) is 17.8 Å². The average Bonchev–Trinajstić information content (AvgIpc) is 2.73. The number of carbonyl (C=O) groups excluding carboxylic acids is 1. The van der Waals surface area contributed by atoms with E-state index in [4.69, 9.17) is 4.74 Å². The molecular formula is C26H38F3NO2. The molecule has 1 aliphatic rings. The molecule has 1 aromatic rings. The molecule has 0 aromatic heterocycles. The molecule has 6 heteroatoms. The summed E-state index contributed by atoms with van der Waals surface area (Å²) >= 11 is 0. The number of benzene rings is 1. The van der Waals surface area contributed by atoms with Crippen LogP contribution in [0.2, 0.25) is 0 Å². The second-order valence-electron chi connectivity index (χ2n) is 9.71. The fraction of sp³-hybridized carbons (Fsp3) is 0.654. The molecule has 1 saturated heterocycles. The third kappa shape index (κ3) is 7.95. The topological polar surface area (TPSA) is 29.5 Å². The van der Waals surface area contributed by atoms with E-state index in [2.05, 4.69) is 44.7 Å². The molecule has 0 amide bonds. The van der Waals surface area contributed by atoms with E-state index in [1.165, 1.54) is 19.2 Å². The van der Waals surface area contributed by atoms with Crippen molar-refractivity contribution in [1.29, 1.82) is 0 Å². The van der Waals surface area contributed by atoms with Crippen LogP contribution < -0.4 is 0 Å². The van der Waals surface area contributed by atoms with Gasteiger partial charge >= 0.3 is 12.1 Å². The molecule has 0 spiro atoms. The van der Waals surface area contributed by atoms with Gasteiger partial charge < -0.3 is 4.74 Å². The predicted octanol–water partition coefficient (Wildman–Crippen LogP) is 7.04. The molecule has 32 heavy (non-hydrogen) atoms. The van der Waals surface area contributed by atoms with Gasteiger partial charge in [0.15, 0.2) is 0 Å². The van der Waals surface area contributed by atoms with E-state index >= 15 is 0 Å². The van der Waals surface area contributed by atoms with Crippen LogP contribution in [0.1, 0.15) is 77.0 Å². The first-order chi connectivity index (χ1) is 15.0. The van der Waals surface area contributed by atoms with Gasteiger partial charge in [0.2, 0.25) is 0 Å². The molecule has 1 fully saturated rings. The van der Waals surface area contributed by atoms with E-state index < -0.39 is 11.7 Å². The molecule has 3 atom stereocenters. The Hall–Kier alpha value is -1.82. The Morgan fingerprint density at radius 1 is 1.12 bits per heavy atom. The summed E-state index contributed by atoms with van der Waals surface area (Å²) in [5.74, 6) is 0.931. The molecule has 1 aliphatic heterocycles. The Morgan fingerprint density at radius 2 is 1.78 bits per heavy atom. The normalized spacial score (nSPS) is 21.4. The Morgan fingerprint density at radius 3 is 2.31 bits per heavy atom. The van der Waals surface area contributed by atoms with Crippen molar-refractivity contribution >= 4 is 5.97 Å². The number of ether oxygens (including phenoxy) is 1. The van der Waals surface area contributed by atoms with Gasteiger partial charge in [-0.15, -0.1) is 0 Å². The molecule has 3 nitrogen and oxygen atoms in total. The largest absolute Gasteiger partial charge is 0.469 e. The minimum absolute atomic E-state index is 0.0327. The summed E-state index contributed by atoms with van der Waals surface area (Å²) in [6.45, 7) is 9.51. The minimum Gasteiger partial charge on any atom is -0.469 e. The summed E-state index contributed by atoms with van der Waals surface area (Å²) in [5.41, 5.74) is 0.242. The fourth-order valence-corrected chi connectivity index (χ4v) is 4.41. The lowest BCUT2D eigenvalue weighted by Gasteiger charge is -2.43. The van der Waals surface area contributed by atoms with E-state index in [1.807, 2.05) is 0 Å². The maximum absolute atomic E-state index is 13.1. The smallest absolute Gasteiger partial charge is 0.416 e. The Kier molecular flexibility index (Phi) is 9.81. The molecule has 1 heterocycles. The first-order valence-corrected chi connectivity index (χ1v) is 11.7. The van der Waals surface area contributed by atoms with Gasteiger partial charge in [0.05, 0.1) is 12.7 Å². The molecule has 1 aromatic carbocycles. The number of likely N-dealkylation sites (tertiary alicyclic amines) is 1. The number of piperidine rings is 1. The van der Waals surface area contributed by atoms with E-state index in [0.717, 1.165) is 37.8 Å². The van der Waals surface area contributed by atoms with Crippen LogP contribution >= 0.6 is 0 Å². The van der Waals surface area contributed by atoms with Crippen LogP contribution in [0.3, 0.4) is 0 Å². The highest BCUT2D eigenvalue weighted by Crippen LogP contribution is 2.39. The van der Waals surface area contributed by atoms with Crippen LogP contribution in [0.15, 0.2) is 36.4 Å². The number of esters is 1. The number of hydrogen-bond donors (Lipinski definition) is 0. The summed E-state index contributed by atoms with van der Waals surface area (Å²) in [4.78, 5) is 14.3. The lowest BCUT2D eigenvalue weighted by atomic mass is 9.83. The number of alkyl halides is 3. The van der Waals surface area contributed by atoms with Gasteiger partial charge in [-0.3, -0.25) is 9.69 Å². The number of carbonyl (C=O) groups is 1. The van der Waals surface area contributed by atoms with Gasteiger partial charge in [0, 0.05) is 18.5 Å². The highest BCUT2D eigenvalue weighted by Gasteiger charge is 2.35. The Bertz CT molecular complexity index is 740. The van der Waals surface area contributed by atoms with Gasteiger partial charge in [0.1, 0.15) is 0 Å². The van der Waals surface area contributed by atoms with Gasteiger partial charge in [0.25, 0.3) is 0 Å². The number of halogens is 3. The van der Waals surface area contributed by atoms with Crippen molar-refractivity contribution in [3.05, 3.63) is 47.5 Å². The fourth-order valence-electron chi connectivity index (χ4n) is 4.41. The van der Waals surface area contributed by atoms with Crippen LogP contribution in [-0.2, 0) is 15.7 Å². The number of nitrogens with zero attached hydrogens (tertiary/aromatic N) is 1. The minimum atomic E-state index is -4.35. The molecule has 2 rings (SSSR count). The highest BCUT2D eigenvalue weighted by atomic mass is 19.4. The van der Waals surface area contributed by atoms with Crippen molar-refractivity contribution in [2.75, 3.05) is 13.7 Å². The zero-order valence-corrected chi connectivity index (χ0v) is 20.0. The first-order valence-electron chi connectivity index (χ1n) is 11.7. The average molecular weight is 454 g/mol. The third-order valence-electron chi connectivity index (χ3n) is 6.24. The zero-order chi connectivity index (χ0) is 23.9. The Labute approximate surface area is 191 Å². The lowest BCUT2D eigenvalue weighted by Crippen LogP contribution is -2.43. The molecule has 0 unspecified atom stereocenters. The second kappa shape index (κ2) is 11.9. The van der Waals surface area contributed by atoms with Crippen LogP contribution in [0.4, 0.5) is 13.2 Å². The van der Waals surface area contributed by atoms with Gasteiger partial charge in [-0.2, -0.15) is 13.2 Å². The maximum atomic E-state index is 13.1. The number of allylic oxidation sites excluding steroid dienone is 1. The highest BCUT2D eigenvalue weighted by molar-refractivity contribution is 5.69. The molecule has 0 N–H and O–H groups in total. The van der Waals surface area contributed by atoms with Crippen molar-refractivity contribution < 1.29 is 22.7 Å². The predicted molar refractivity (Wildman–Crippen MR) is 122 cm³/mol. The summed E-state index contributed by atoms with van der Waals surface area (Å²) in [5, 5.41) is 0. The van der Waals surface area contributed by atoms with Gasteiger partial charge in [-0.05, 0) is 67.7 Å². The third-order valence-corrected chi connectivity index (χ3v) is 6.24.